The first-order valence-electron chi connectivity index (χ1n) is 6.66. The maximum atomic E-state index is 14.2. The molecule has 1 heterocycles. The molecular weight excluding hydrogens is 287 g/mol. The maximum absolute atomic E-state index is 14.2. The Balaban J connectivity index is 1.95. The third-order valence-corrected chi connectivity index (χ3v) is 3.90. The first-order valence-corrected chi connectivity index (χ1v) is 7.09. The van der Waals surface area contributed by atoms with E-state index in [9.17, 15) is 4.39 Å². The van der Waals surface area contributed by atoms with E-state index in [4.69, 9.17) is 11.6 Å². The van der Waals surface area contributed by atoms with Gasteiger partial charge in [0.25, 0.3) is 0 Å². The van der Waals surface area contributed by atoms with Crippen molar-refractivity contribution in [3.05, 3.63) is 83.4 Å². The SMILES string of the molecule is Cc1cccc(C(Cl)c2cnn(-c3ccccc3)c2)c1F. The van der Waals surface area contributed by atoms with Gasteiger partial charge in [0, 0.05) is 17.3 Å². The highest BCUT2D eigenvalue weighted by Gasteiger charge is 2.18. The van der Waals surface area contributed by atoms with Gasteiger partial charge in [-0.1, -0.05) is 36.4 Å². The maximum Gasteiger partial charge on any atom is 0.131 e. The molecule has 0 aliphatic carbocycles. The Morgan fingerprint density at radius 1 is 1.10 bits per heavy atom. The van der Waals surface area contributed by atoms with Crippen LogP contribution in [0, 0.1) is 12.7 Å². The average Bonchev–Trinajstić information content (AvgIpc) is 3.00. The smallest absolute Gasteiger partial charge is 0.131 e. The Labute approximate surface area is 127 Å². The summed E-state index contributed by atoms with van der Waals surface area (Å²) >= 11 is 6.42. The zero-order valence-electron chi connectivity index (χ0n) is 11.5. The minimum Gasteiger partial charge on any atom is -0.241 e. The molecule has 0 spiro atoms. The van der Waals surface area contributed by atoms with Gasteiger partial charge in [-0.05, 0) is 24.6 Å². The van der Waals surface area contributed by atoms with Gasteiger partial charge in [-0.3, -0.25) is 0 Å². The average molecular weight is 301 g/mol. The summed E-state index contributed by atoms with van der Waals surface area (Å²) in [6, 6.07) is 15.0. The van der Waals surface area contributed by atoms with Crippen LogP contribution in [0.4, 0.5) is 4.39 Å². The molecule has 21 heavy (non-hydrogen) atoms. The molecule has 1 aromatic heterocycles. The van der Waals surface area contributed by atoms with Gasteiger partial charge < -0.3 is 0 Å². The summed E-state index contributed by atoms with van der Waals surface area (Å²) in [5.41, 5.74) is 2.78. The quantitative estimate of drug-likeness (QED) is 0.644. The first kappa shape index (κ1) is 13.8. The Bertz CT molecular complexity index is 752. The normalized spacial score (nSPS) is 12.3. The molecule has 4 heteroatoms. The predicted octanol–water partition coefficient (Wildman–Crippen LogP) is 4.65. The van der Waals surface area contributed by atoms with E-state index in [0.717, 1.165) is 11.3 Å². The summed E-state index contributed by atoms with van der Waals surface area (Å²) in [6.07, 6.45) is 3.50. The van der Waals surface area contributed by atoms with E-state index in [1.54, 1.807) is 29.9 Å². The van der Waals surface area contributed by atoms with Gasteiger partial charge >= 0.3 is 0 Å². The van der Waals surface area contributed by atoms with Gasteiger partial charge in [-0.25, -0.2) is 9.07 Å². The van der Waals surface area contributed by atoms with E-state index in [-0.39, 0.29) is 5.82 Å². The lowest BCUT2D eigenvalue weighted by molar-refractivity contribution is 0.603. The fourth-order valence-corrected chi connectivity index (χ4v) is 2.52. The number of halogens is 2. The summed E-state index contributed by atoms with van der Waals surface area (Å²) in [4.78, 5) is 0. The summed E-state index contributed by atoms with van der Waals surface area (Å²) < 4.78 is 15.9. The Hall–Kier alpha value is -2.13. The lowest BCUT2D eigenvalue weighted by Gasteiger charge is -2.10. The number of alkyl halides is 1. The molecule has 3 aromatic rings. The molecule has 3 rings (SSSR count). The molecule has 0 amide bonds. The van der Waals surface area contributed by atoms with Crippen molar-refractivity contribution in [3.63, 3.8) is 0 Å². The molecule has 2 nitrogen and oxygen atoms in total. The second-order valence-corrected chi connectivity index (χ2v) is 5.33. The van der Waals surface area contributed by atoms with Gasteiger partial charge in [0.15, 0.2) is 0 Å². The Morgan fingerprint density at radius 2 is 1.86 bits per heavy atom. The van der Waals surface area contributed by atoms with Gasteiger partial charge in [0.05, 0.1) is 17.3 Å². The molecule has 0 saturated heterocycles. The van der Waals surface area contributed by atoms with Crippen molar-refractivity contribution in [2.24, 2.45) is 0 Å². The number of aryl methyl sites for hydroxylation is 1. The van der Waals surface area contributed by atoms with Crippen LogP contribution < -0.4 is 0 Å². The van der Waals surface area contributed by atoms with Crippen molar-refractivity contribution < 1.29 is 4.39 Å². The van der Waals surface area contributed by atoms with Gasteiger partial charge in [0.2, 0.25) is 0 Å². The van der Waals surface area contributed by atoms with Crippen LogP contribution in [0.15, 0.2) is 60.9 Å². The first-order chi connectivity index (χ1) is 10.2. The predicted molar refractivity (Wildman–Crippen MR) is 82.4 cm³/mol. The van der Waals surface area contributed by atoms with Crippen LogP contribution in [0.2, 0.25) is 0 Å². The molecule has 0 aliphatic heterocycles. The van der Waals surface area contributed by atoms with Crippen molar-refractivity contribution in [2.45, 2.75) is 12.3 Å². The molecule has 0 saturated carbocycles. The van der Waals surface area contributed by atoms with Crippen LogP contribution in [-0.2, 0) is 0 Å². The number of aromatic nitrogens is 2. The second-order valence-electron chi connectivity index (χ2n) is 4.89. The van der Waals surface area contributed by atoms with Gasteiger partial charge in [-0.15, -0.1) is 11.6 Å². The molecule has 2 aromatic carbocycles. The molecule has 1 unspecified atom stereocenters. The number of rotatable bonds is 3. The number of para-hydroxylation sites is 1. The lowest BCUT2D eigenvalue weighted by atomic mass is 10.0. The van der Waals surface area contributed by atoms with Crippen LogP contribution >= 0.6 is 11.6 Å². The molecular formula is C17H14ClFN2. The highest BCUT2D eigenvalue weighted by molar-refractivity contribution is 6.22. The van der Waals surface area contributed by atoms with Crippen LogP contribution in [-0.4, -0.2) is 9.78 Å². The van der Waals surface area contributed by atoms with Crippen molar-refractivity contribution in [3.8, 4) is 5.69 Å². The Morgan fingerprint density at radius 3 is 2.62 bits per heavy atom. The van der Waals surface area contributed by atoms with E-state index in [1.807, 2.05) is 42.6 Å². The zero-order valence-corrected chi connectivity index (χ0v) is 12.3. The van der Waals surface area contributed by atoms with Crippen LogP contribution in [0.3, 0.4) is 0 Å². The molecule has 0 fully saturated rings. The van der Waals surface area contributed by atoms with E-state index >= 15 is 0 Å². The molecule has 0 bridgehead atoms. The number of hydrogen-bond donors (Lipinski definition) is 0. The number of hydrogen-bond acceptors (Lipinski definition) is 1. The van der Waals surface area contributed by atoms with Crippen molar-refractivity contribution in [1.29, 1.82) is 0 Å². The highest BCUT2D eigenvalue weighted by Crippen LogP contribution is 2.31. The minimum absolute atomic E-state index is 0.259. The number of nitrogens with zero attached hydrogens (tertiary/aromatic N) is 2. The zero-order chi connectivity index (χ0) is 14.8. The van der Waals surface area contributed by atoms with Crippen LogP contribution in [0.5, 0.6) is 0 Å². The van der Waals surface area contributed by atoms with Crippen LogP contribution in [0.1, 0.15) is 22.1 Å². The van der Waals surface area contributed by atoms with Crippen LogP contribution in [0.25, 0.3) is 5.69 Å². The lowest BCUT2D eigenvalue weighted by Crippen LogP contribution is -1.98. The molecule has 0 N–H and O–H groups in total. The second kappa shape index (κ2) is 5.70. The van der Waals surface area contributed by atoms with Gasteiger partial charge in [0.1, 0.15) is 5.82 Å². The van der Waals surface area contributed by atoms with E-state index in [1.165, 1.54) is 0 Å². The highest BCUT2D eigenvalue weighted by atomic mass is 35.5. The summed E-state index contributed by atoms with van der Waals surface area (Å²) in [7, 11) is 0. The third-order valence-electron chi connectivity index (χ3n) is 3.41. The summed E-state index contributed by atoms with van der Waals surface area (Å²) in [5, 5.41) is 3.74. The fraction of sp³-hybridized carbons (Fsp3) is 0.118. The minimum atomic E-state index is -0.553. The van der Waals surface area contributed by atoms with E-state index in [0.29, 0.717) is 11.1 Å². The van der Waals surface area contributed by atoms with Crippen molar-refractivity contribution in [1.82, 2.24) is 9.78 Å². The van der Waals surface area contributed by atoms with Crippen molar-refractivity contribution in [2.75, 3.05) is 0 Å². The fourth-order valence-electron chi connectivity index (χ4n) is 2.23. The third kappa shape index (κ3) is 2.69. The standard InChI is InChI=1S/C17H14ClFN2/c1-12-6-5-9-15(17(12)19)16(18)13-10-20-21(11-13)14-7-3-2-4-8-14/h2-11,16H,1H3. The molecule has 0 aliphatic rings. The molecule has 1 atom stereocenters. The monoisotopic (exact) mass is 300 g/mol. The van der Waals surface area contributed by atoms with Crippen molar-refractivity contribution >= 4 is 11.6 Å². The molecule has 0 radical (unpaired) electrons. The summed E-state index contributed by atoms with van der Waals surface area (Å²) in [5.74, 6) is -0.259. The van der Waals surface area contributed by atoms with E-state index < -0.39 is 5.38 Å². The Kier molecular flexibility index (Phi) is 3.76. The summed E-state index contributed by atoms with van der Waals surface area (Å²) in [6.45, 7) is 1.73. The topological polar surface area (TPSA) is 17.8 Å². The van der Waals surface area contributed by atoms with E-state index in [2.05, 4.69) is 5.10 Å². The van der Waals surface area contributed by atoms with Gasteiger partial charge in [-0.2, -0.15) is 5.10 Å². The molecule has 106 valence electrons. The largest absolute Gasteiger partial charge is 0.241 e. The number of benzene rings is 2.